The molecule has 2 aliphatic rings. The molecule has 0 fully saturated rings. The summed E-state index contributed by atoms with van der Waals surface area (Å²) in [6.45, 7) is 1.06. The van der Waals surface area contributed by atoms with E-state index in [1.165, 1.54) is 30.1 Å². The number of rotatable bonds is 10. The summed E-state index contributed by atoms with van der Waals surface area (Å²) in [7, 11) is 0. The molecule has 2 aromatic carbocycles. The normalized spacial score (nSPS) is 16.3. The van der Waals surface area contributed by atoms with Crippen LogP contribution >= 0.6 is 23.2 Å². The van der Waals surface area contributed by atoms with Gasteiger partial charge in [-0.1, -0.05) is 47.5 Å². The molecule has 4 heterocycles. The molecule has 6 N–H and O–H groups in total. The summed E-state index contributed by atoms with van der Waals surface area (Å²) in [6.07, 6.45) is 6.18. The van der Waals surface area contributed by atoms with E-state index in [-0.39, 0.29) is 45.9 Å². The lowest BCUT2D eigenvalue weighted by molar-refractivity contribution is 0.101. The lowest BCUT2D eigenvalue weighted by Crippen LogP contribution is -2.14. The Morgan fingerprint density at radius 2 is 1.27 bits per heavy atom. The van der Waals surface area contributed by atoms with Crippen LogP contribution < -0.4 is 22.1 Å². The summed E-state index contributed by atoms with van der Waals surface area (Å²) in [5.74, 6) is -1.64. The molecule has 0 spiro atoms. The van der Waals surface area contributed by atoms with Crippen molar-refractivity contribution < 1.29 is 23.5 Å². The molecule has 15 heteroatoms. The average molecular weight is 708 g/mol. The Morgan fingerprint density at radius 3 is 1.76 bits per heavy atom. The fraction of sp³-hybridized carbons (Fsp3) is 0.235. The molecule has 2 aliphatic heterocycles. The fourth-order valence-corrected chi connectivity index (χ4v) is 5.21. The van der Waals surface area contributed by atoms with Gasteiger partial charge in [-0.3, -0.25) is 9.59 Å². The number of nitrogens with two attached hydrogens (primary N) is 2. The second kappa shape index (κ2) is 16.7. The van der Waals surface area contributed by atoms with Gasteiger partial charge in [-0.25, -0.2) is 24.3 Å². The molecular weight excluding hydrogens is 674 g/mol. The van der Waals surface area contributed by atoms with Crippen molar-refractivity contribution in [2.75, 3.05) is 23.8 Å². The van der Waals surface area contributed by atoms with Crippen LogP contribution in [0.3, 0.4) is 0 Å². The first-order valence-electron chi connectivity index (χ1n) is 15.3. The second-order valence-electron chi connectivity index (χ2n) is 11.1. The van der Waals surface area contributed by atoms with E-state index in [0.717, 1.165) is 36.9 Å². The largest absolute Gasteiger partial charge is 0.463 e. The van der Waals surface area contributed by atoms with Crippen molar-refractivity contribution in [3.05, 3.63) is 118 Å². The highest BCUT2D eigenvalue weighted by Gasteiger charge is 2.18. The van der Waals surface area contributed by atoms with Crippen molar-refractivity contribution >= 4 is 58.4 Å². The molecule has 0 unspecified atom stereocenters. The third-order valence-corrected chi connectivity index (χ3v) is 7.97. The van der Waals surface area contributed by atoms with Gasteiger partial charge in [-0.05, 0) is 79.3 Å². The number of aryl methyl sites for hydroxylation is 2. The van der Waals surface area contributed by atoms with E-state index < -0.39 is 11.7 Å². The minimum Gasteiger partial charge on any atom is -0.463 e. The number of amidine groups is 2. The molecule has 49 heavy (non-hydrogen) atoms. The second-order valence-corrected chi connectivity index (χ2v) is 11.8. The van der Waals surface area contributed by atoms with Crippen LogP contribution in [0.4, 0.5) is 15.8 Å². The highest BCUT2D eigenvalue weighted by atomic mass is 35.5. The maximum Gasteiger partial charge on any atom is 0.282 e. The molecule has 254 valence electrons. The first-order valence-corrected chi connectivity index (χ1v) is 16.0. The van der Waals surface area contributed by atoms with E-state index in [0.29, 0.717) is 24.5 Å². The van der Waals surface area contributed by atoms with Gasteiger partial charge in [0, 0.05) is 29.3 Å². The molecule has 0 saturated carbocycles. The predicted molar refractivity (Wildman–Crippen MR) is 187 cm³/mol. The third-order valence-electron chi connectivity index (χ3n) is 7.50. The summed E-state index contributed by atoms with van der Waals surface area (Å²) in [5.41, 5.74) is 14.8. The Bertz CT molecular complexity index is 1840. The zero-order valence-corrected chi connectivity index (χ0v) is 27.6. The summed E-state index contributed by atoms with van der Waals surface area (Å²) in [4.78, 5) is 40.1. The first-order chi connectivity index (χ1) is 23.6. The van der Waals surface area contributed by atoms with E-state index in [1.807, 2.05) is 36.4 Å². The number of hydrogen-bond acceptors (Lipinski definition) is 10. The number of nitrogens with zero attached hydrogens (tertiary/aromatic N) is 4. The first kappa shape index (κ1) is 35.0. The minimum absolute atomic E-state index is 0.0822. The number of aromatic nitrogens is 2. The number of amides is 2. The number of hydrogen-bond donors (Lipinski definition) is 4. The van der Waals surface area contributed by atoms with E-state index in [2.05, 4.69) is 30.6 Å². The lowest BCUT2D eigenvalue weighted by Gasteiger charge is -2.08. The lowest BCUT2D eigenvalue weighted by atomic mass is 10.1. The molecule has 4 aromatic rings. The Balaban J connectivity index is 0.000000191. The summed E-state index contributed by atoms with van der Waals surface area (Å²) < 4.78 is 24.1. The monoisotopic (exact) mass is 706 g/mol. The molecule has 2 amide bonds. The van der Waals surface area contributed by atoms with Crippen molar-refractivity contribution in [3.8, 4) is 0 Å². The van der Waals surface area contributed by atoms with Crippen LogP contribution in [0.2, 0.25) is 10.3 Å². The Kier molecular flexibility index (Phi) is 12.0. The molecule has 2 atom stereocenters. The number of halogens is 3. The standard InChI is InChI=1S/C17H16ClFN4O2.C17H17ClN4O2/c18-15-14(19)13(7-8-21-15)16(24)22-11-4-1-10(2-5-11)3-6-12-9-25-17(20)23-12;18-15-9-12(7-8-20-15)16(23)21-13-4-1-11(2-5-13)3-6-14-10-24-17(19)22-14/h1-2,4-5,7-8,12H,3,6,9H2,(H2,20,23)(H,22,24);1-2,4-5,7-9,14H,3,6,10H2,(H2,19,22)(H,21,23)/t12-;14-/m00/s1. The highest BCUT2D eigenvalue weighted by molar-refractivity contribution is 6.30. The molecule has 12 nitrogen and oxygen atoms in total. The van der Waals surface area contributed by atoms with Gasteiger partial charge in [0.25, 0.3) is 23.9 Å². The van der Waals surface area contributed by atoms with E-state index in [4.69, 9.17) is 44.1 Å². The Labute approximate surface area is 291 Å². The number of anilines is 2. The summed E-state index contributed by atoms with van der Waals surface area (Å²) >= 11 is 11.4. The Morgan fingerprint density at radius 1 is 0.755 bits per heavy atom. The zero-order chi connectivity index (χ0) is 34.8. The SMILES string of the molecule is NC1=N[C@@H](CCc2ccc(NC(=O)c3ccnc(Cl)c3)cc2)CO1.NC1=N[C@@H](CCc2ccc(NC(=O)c3ccnc(Cl)c3F)cc2)CO1. The van der Waals surface area contributed by atoms with Gasteiger partial charge in [0.1, 0.15) is 18.4 Å². The maximum absolute atomic E-state index is 13.8. The quantitative estimate of drug-likeness (QED) is 0.158. The van der Waals surface area contributed by atoms with Gasteiger partial charge in [0.15, 0.2) is 11.0 Å². The molecular formula is C34H33Cl2FN8O4. The summed E-state index contributed by atoms with van der Waals surface area (Å²) in [5, 5.41) is 5.42. The number of carbonyl (C=O) groups is 2. The number of carbonyl (C=O) groups excluding carboxylic acids is 2. The Hall–Kier alpha value is -5.27. The number of pyridine rings is 2. The van der Waals surface area contributed by atoms with Crippen LogP contribution in [-0.4, -0.2) is 59.1 Å². The summed E-state index contributed by atoms with van der Waals surface area (Å²) in [6, 6.07) is 20.2. The molecule has 0 saturated heterocycles. The number of nitrogens with one attached hydrogen (secondary N) is 2. The van der Waals surface area contributed by atoms with Crippen LogP contribution in [0.15, 0.2) is 89.1 Å². The van der Waals surface area contributed by atoms with Crippen molar-refractivity contribution in [2.45, 2.75) is 37.8 Å². The molecule has 0 bridgehead atoms. The van der Waals surface area contributed by atoms with Crippen molar-refractivity contribution in [2.24, 2.45) is 21.5 Å². The fourth-order valence-electron chi connectivity index (χ4n) is 4.88. The molecule has 0 radical (unpaired) electrons. The van der Waals surface area contributed by atoms with Crippen LogP contribution in [0.5, 0.6) is 0 Å². The zero-order valence-electron chi connectivity index (χ0n) is 26.1. The third kappa shape index (κ3) is 10.4. The van der Waals surface area contributed by atoms with Gasteiger partial charge in [0.2, 0.25) is 0 Å². The van der Waals surface area contributed by atoms with Crippen molar-refractivity contribution in [1.82, 2.24) is 9.97 Å². The van der Waals surface area contributed by atoms with Crippen LogP contribution in [0.25, 0.3) is 0 Å². The van der Waals surface area contributed by atoms with E-state index >= 15 is 0 Å². The van der Waals surface area contributed by atoms with E-state index in [9.17, 15) is 14.0 Å². The van der Waals surface area contributed by atoms with Gasteiger partial charge >= 0.3 is 0 Å². The average Bonchev–Trinajstić information content (AvgIpc) is 3.72. The van der Waals surface area contributed by atoms with Crippen LogP contribution in [0, 0.1) is 5.82 Å². The number of ether oxygens (including phenoxy) is 2. The van der Waals surface area contributed by atoms with Gasteiger partial charge in [-0.15, -0.1) is 0 Å². The van der Waals surface area contributed by atoms with Gasteiger partial charge < -0.3 is 31.6 Å². The van der Waals surface area contributed by atoms with Gasteiger partial charge in [-0.2, -0.15) is 0 Å². The highest BCUT2D eigenvalue weighted by Crippen LogP contribution is 2.19. The predicted octanol–water partition coefficient (Wildman–Crippen LogP) is 5.41. The smallest absolute Gasteiger partial charge is 0.282 e. The number of benzene rings is 2. The molecule has 6 rings (SSSR count). The molecule has 0 aliphatic carbocycles. The topological polar surface area (TPSA) is 179 Å². The molecule has 2 aromatic heterocycles. The van der Waals surface area contributed by atoms with Crippen LogP contribution in [0.1, 0.15) is 44.7 Å². The van der Waals surface area contributed by atoms with Gasteiger partial charge in [0.05, 0.1) is 17.6 Å². The minimum atomic E-state index is -0.836. The number of aliphatic imine (C=N–C) groups is 2. The van der Waals surface area contributed by atoms with Crippen molar-refractivity contribution in [1.29, 1.82) is 0 Å². The van der Waals surface area contributed by atoms with Crippen LogP contribution in [-0.2, 0) is 22.3 Å². The van der Waals surface area contributed by atoms with Crippen molar-refractivity contribution in [3.63, 3.8) is 0 Å². The maximum atomic E-state index is 13.8. The van der Waals surface area contributed by atoms with E-state index in [1.54, 1.807) is 18.2 Å².